The van der Waals surface area contributed by atoms with E-state index in [0.29, 0.717) is 6.54 Å². The second-order valence-corrected chi connectivity index (χ2v) is 7.93. The maximum atomic E-state index is 13.1. The highest BCUT2D eigenvalue weighted by Crippen LogP contribution is 2.36. The zero-order valence-corrected chi connectivity index (χ0v) is 17.0. The summed E-state index contributed by atoms with van der Waals surface area (Å²) >= 11 is 0. The van der Waals surface area contributed by atoms with Gasteiger partial charge in [-0.15, -0.1) is 0 Å². The van der Waals surface area contributed by atoms with Crippen molar-refractivity contribution in [1.82, 2.24) is 4.90 Å². The molecule has 1 aliphatic heterocycles. The van der Waals surface area contributed by atoms with Gasteiger partial charge in [-0.1, -0.05) is 78.9 Å². The maximum absolute atomic E-state index is 13.1. The first-order valence-corrected chi connectivity index (χ1v) is 10.3. The van der Waals surface area contributed by atoms with Crippen molar-refractivity contribution in [2.75, 3.05) is 6.54 Å². The number of carbonyl (C=O) groups is 1. The molecule has 1 amide bonds. The normalized spacial score (nSPS) is 20.6. The minimum Gasteiger partial charge on any atom is -0.438 e. The van der Waals surface area contributed by atoms with Crippen LogP contribution in [0.4, 0.5) is 4.79 Å². The van der Waals surface area contributed by atoms with Crippen LogP contribution in [0.3, 0.4) is 0 Å². The molecule has 1 heterocycles. The number of benzene rings is 3. The molecule has 3 nitrogen and oxygen atoms in total. The summed E-state index contributed by atoms with van der Waals surface area (Å²) in [5.74, 6) is 0. The van der Waals surface area contributed by atoms with E-state index in [0.717, 1.165) is 29.5 Å². The van der Waals surface area contributed by atoms with Crippen molar-refractivity contribution in [2.24, 2.45) is 0 Å². The summed E-state index contributed by atoms with van der Waals surface area (Å²) in [6.07, 6.45) is 1.47. The number of carbonyl (C=O) groups excluding carboxylic acids is 1. The topological polar surface area (TPSA) is 29.5 Å². The summed E-state index contributed by atoms with van der Waals surface area (Å²) < 4.78 is 6.04. The molecule has 3 aromatic rings. The van der Waals surface area contributed by atoms with Gasteiger partial charge in [0.15, 0.2) is 0 Å². The molecule has 0 saturated carbocycles. The summed E-state index contributed by atoms with van der Waals surface area (Å²) in [6, 6.07) is 28.8. The van der Waals surface area contributed by atoms with Gasteiger partial charge in [0, 0.05) is 6.54 Å². The van der Waals surface area contributed by atoms with Crippen molar-refractivity contribution in [3.63, 3.8) is 0 Å². The highest BCUT2D eigenvalue weighted by atomic mass is 16.6. The number of cyclic esters (lactones) is 1. The number of hydrogen-bond acceptors (Lipinski definition) is 2. The van der Waals surface area contributed by atoms with Gasteiger partial charge in [0.05, 0.1) is 6.04 Å². The quantitative estimate of drug-likeness (QED) is 0.509. The standard InChI is InChI=1S/C26H27NO2/c1-20(22-13-9-14-23(19-22)21-11-5-3-6-12-21)27-18-10-17-26(2,29-25(27)28)24-15-7-4-8-16-24/h3-9,11-16,19-20H,10,17-18H2,1-2H3. The molecule has 1 fully saturated rings. The van der Waals surface area contributed by atoms with Gasteiger partial charge in [-0.05, 0) is 55.0 Å². The predicted molar refractivity (Wildman–Crippen MR) is 117 cm³/mol. The molecule has 29 heavy (non-hydrogen) atoms. The van der Waals surface area contributed by atoms with E-state index in [1.54, 1.807) is 0 Å². The van der Waals surface area contributed by atoms with Crippen LogP contribution in [-0.4, -0.2) is 17.5 Å². The van der Waals surface area contributed by atoms with Crippen LogP contribution in [0.1, 0.15) is 43.9 Å². The molecular formula is C26H27NO2. The summed E-state index contributed by atoms with van der Waals surface area (Å²) in [5, 5.41) is 0. The van der Waals surface area contributed by atoms with Gasteiger partial charge in [-0.3, -0.25) is 0 Å². The Morgan fingerprint density at radius 1 is 0.897 bits per heavy atom. The Bertz CT molecular complexity index is 970. The first-order chi connectivity index (χ1) is 14.1. The first-order valence-electron chi connectivity index (χ1n) is 10.3. The highest BCUT2D eigenvalue weighted by Gasteiger charge is 2.37. The summed E-state index contributed by atoms with van der Waals surface area (Å²) in [4.78, 5) is 14.9. The fraction of sp³-hybridized carbons (Fsp3) is 0.269. The van der Waals surface area contributed by atoms with Crippen LogP contribution in [0.15, 0.2) is 84.9 Å². The lowest BCUT2D eigenvalue weighted by molar-refractivity contribution is 0.00484. The van der Waals surface area contributed by atoms with Crippen LogP contribution in [-0.2, 0) is 10.3 Å². The zero-order valence-electron chi connectivity index (χ0n) is 17.0. The van der Waals surface area contributed by atoms with E-state index in [1.165, 1.54) is 5.56 Å². The number of hydrogen-bond donors (Lipinski definition) is 0. The van der Waals surface area contributed by atoms with Crippen LogP contribution in [0.2, 0.25) is 0 Å². The van der Waals surface area contributed by atoms with Gasteiger partial charge in [-0.25, -0.2) is 4.79 Å². The van der Waals surface area contributed by atoms with E-state index < -0.39 is 5.60 Å². The molecular weight excluding hydrogens is 358 g/mol. The van der Waals surface area contributed by atoms with Gasteiger partial charge in [0.2, 0.25) is 0 Å². The third-order valence-electron chi connectivity index (χ3n) is 5.93. The van der Waals surface area contributed by atoms with E-state index in [1.807, 2.05) is 60.4 Å². The number of ether oxygens (including phenoxy) is 1. The molecule has 0 bridgehead atoms. The number of rotatable bonds is 4. The Hall–Kier alpha value is -3.07. The van der Waals surface area contributed by atoms with Crippen LogP contribution in [0.5, 0.6) is 0 Å². The average Bonchev–Trinajstić information content (AvgIpc) is 2.93. The Kier molecular flexibility index (Phi) is 5.39. The van der Waals surface area contributed by atoms with E-state index in [9.17, 15) is 4.79 Å². The summed E-state index contributed by atoms with van der Waals surface area (Å²) in [5.41, 5.74) is 3.92. The van der Waals surface area contributed by atoms with Crippen molar-refractivity contribution < 1.29 is 9.53 Å². The summed E-state index contributed by atoms with van der Waals surface area (Å²) in [7, 11) is 0. The van der Waals surface area contributed by atoms with Crippen LogP contribution in [0, 0.1) is 0 Å². The molecule has 0 radical (unpaired) electrons. The monoisotopic (exact) mass is 385 g/mol. The van der Waals surface area contributed by atoms with Crippen molar-refractivity contribution >= 4 is 6.09 Å². The van der Waals surface area contributed by atoms with Crippen molar-refractivity contribution in [2.45, 2.75) is 38.3 Å². The third-order valence-corrected chi connectivity index (χ3v) is 5.93. The molecule has 2 atom stereocenters. The fourth-order valence-corrected chi connectivity index (χ4v) is 4.11. The molecule has 3 heteroatoms. The second kappa shape index (κ2) is 8.12. The lowest BCUT2D eigenvalue weighted by Crippen LogP contribution is -2.36. The van der Waals surface area contributed by atoms with Crippen LogP contribution < -0.4 is 0 Å². The molecule has 2 unspecified atom stereocenters. The molecule has 4 rings (SSSR count). The Balaban J connectivity index is 1.57. The van der Waals surface area contributed by atoms with Crippen molar-refractivity contribution in [3.05, 3.63) is 96.1 Å². The molecule has 0 spiro atoms. The fourth-order valence-electron chi connectivity index (χ4n) is 4.11. The molecule has 0 aliphatic carbocycles. The molecule has 1 aliphatic rings. The lowest BCUT2D eigenvalue weighted by Gasteiger charge is -2.31. The van der Waals surface area contributed by atoms with Crippen molar-refractivity contribution in [1.29, 1.82) is 0 Å². The Morgan fingerprint density at radius 2 is 1.55 bits per heavy atom. The van der Waals surface area contributed by atoms with Gasteiger partial charge < -0.3 is 9.64 Å². The largest absolute Gasteiger partial charge is 0.438 e. The van der Waals surface area contributed by atoms with Gasteiger partial charge in [0.25, 0.3) is 0 Å². The molecule has 3 aromatic carbocycles. The molecule has 0 aromatic heterocycles. The average molecular weight is 386 g/mol. The number of nitrogens with zero attached hydrogens (tertiary/aromatic N) is 1. The van der Waals surface area contributed by atoms with Gasteiger partial charge in [0.1, 0.15) is 5.60 Å². The number of amides is 1. The summed E-state index contributed by atoms with van der Waals surface area (Å²) in [6.45, 7) is 4.79. The molecule has 0 N–H and O–H groups in total. The van der Waals surface area contributed by atoms with E-state index in [4.69, 9.17) is 4.74 Å². The third kappa shape index (κ3) is 4.04. The van der Waals surface area contributed by atoms with Gasteiger partial charge in [-0.2, -0.15) is 0 Å². The molecule has 148 valence electrons. The second-order valence-electron chi connectivity index (χ2n) is 7.93. The van der Waals surface area contributed by atoms with E-state index in [2.05, 4.69) is 43.3 Å². The van der Waals surface area contributed by atoms with Crippen molar-refractivity contribution in [3.8, 4) is 11.1 Å². The lowest BCUT2D eigenvalue weighted by atomic mass is 9.91. The Labute approximate surface area is 172 Å². The highest BCUT2D eigenvalue weighted by molar-refractivity contribution is 5.70. The van der Waals surface area contributed by atoms with E-state index in [-0.39, 0.29) is 12.1 Å². The van der Waals surface area contributed by atoms with Crippen LogP contribution >= 0.6 is 0 Å². The predicted octanol–water partition coefficient (Wildman–Crippen LogP) is 6.56. The zero-order chi connectivity index (χ0) is 20.3. The molecule has 1 saturated heterocycles. The SMILES string of the molecule is CC(c1cccc(-c2ccccc2)c1)N1CCCC(C)(c2ccccc2)OC1=O. The van der Waals surface area contributed by atoms with E-state index >= 15 is 0 Å². The first kappa shape index (κ1) is 19.3. The van der Waals surface area contributed by atoms with Gasteiger partial charge >= 0.3 is 6.09 Å². The van der Waals surface area contributed by atoms with Crippen LogP contribution in [0.25, 0.3) is 11.1 Å². The minimum atomic E-state index is -0.585. The minimum absolute atomic E-state index is 0.0516. The maximum Gasteiger partial charge on any atom is 0.411 e. The smallest absolute Gasteiger partial charge is 0.411 e. The Morgan fingerprint density at radius 3 is 2.28 bits per heavy atom.